The predicted octanol–water partition coefficient (Wildman–Crippen LogP) is 5.70. The van der Waals surface area contributed by atoms with Crippen LogP contribution in [0.4, 0.5) is 0 Å². The molecule has 6 rings (SSSR count). The summed E-state index contributed by atoms with van der Waals surface area (Å²) < 4.78 is 1.87. The van der Waals surface area contributed by atoms with Crippen LogP contribution in [0.1, 0.15) is 28.6 Å². The summed E-state index contributed by atoms with van der Waals surface area (Å²) in [5.74, 6) is 0.948. The van der Waals surface area contributed by atoms with Crippen molar-refractivity contribution in [2.24, 2.45) is 5.92 Å². The molecule has 4 aromatic heterocycles. The molecule has 0 radical (unpaired) electrons. The molecule has 0 N–H and O–H groups in total. The number of likely N-dealkylation sites (tertiary alicyclic amines) is 1. The molecule has 1 aliphatic rings. The fraction of sp³-hybridized carbons (Fsp3) is 0.267. The lowest BCUT2D eigenvalue weighted by molar-refractivity contribution is -0.119. The van der Waals surface area contributed by atoms with E-state index in [0.29, 0.717) is 24.7 Å². The number of carbonyl (C=O) groups excluding carboxylic acids is 1. The number of benzene rings is 1. The Morgan fingerprint density at radius 1 is 1.03 bits per heavy atom. The fourth-order valence-corrected chi connectivity index (χ4v) is 6.63. The highest BCUT2D eigenvalue weighted by Gasteiger charge is 2.34. The number of fused-ring (bicyclic) bond motifs is 1. The Kier molecular flexibility index (Phi) is 6.40. The van der Waals surface area contributed by atoms with Crippen molar-refractivity contribution in [1.29, 1.82) is 0 Å². The average molecular weight is 508 g/mol. The number of hydrogen-bond acceptors (Lipinski definition) is 6. The highest BCUT2D eigenvalue weighted by Crippen LogP contribution is 2.40. The van der Waals surface area contributed by atoms with E-state index in [9.17, 15) is 4.79 Å². The third-order valence-electron chi connectivity index (χ3n) is 7.18. The van der Waals surface area contributed by atoms with E-state index in [0.717, 1.165) is 41.1 Å². The number of rotatable bonds is 7. The number of Topliss-reactive ketones (excluding diaryl/α,β-unsaturated/α-hetero) is 1. The van der Waals surface area contributed by atoms with Crippen molar-refractivity contribution in [1.82, 2.24) is 24.6 Å². The van der Waals surface area contributed by atoms with E-state index < -0.39 is 0 Å². The second-order valence-corrected chi connectivity index (χ2v) is 11.1. The predicted molar refractivity (Wildman–Crippen MR) is 148 cm³/mol. The number of pyridine rings is 2. The minimum atomic E-state index is 0.245. The van der Waals surface area contributed by atoms with E-state index in [2.05, 4.69) is 63.4 Å². The summed E-state index contributed by atoms with van der Waals surface area (Å²) in [5.41, 5.74) is 4.86. The molecule has 37 heavy (non-hydrogen) atoms. The zero-order valence-electron chi connectivity index (χ0n) is 21.0. The highest BCUT2D eigenvalue weighted by molar-refractivity contribution is 7.15. The molecule has 5 heterocycles. The van der Waals surface area contributed by atoms with Gasteiger partial charge in [-0.05, 0) is 55.8 Å². The van der Waals surface area contributed by atoms with E-state index in [1.165, 1.54) is 15.3 Å². The molecular weight excluding hydrogens is 478 g/mol. The Morgan fingerprint density at radius 3 is 2.73 bits per heavy atom. The Morgan fingerprint density at radius 2 is 1.89 bits per heavy atom. The minimum absolute atomic E-state index is 0.245. The number of aryl methyl sites for hydroxylation is 1. The van der Waals surface area contributed by atoms with Gasteiger partial charge in [-0.15, -0.1) is 11.3 Å². The summed E-state index contributed by atoms with van der Waals surface area (Å²) in [5, 5.41) is 5.53. The van der Waals surface area contributed by atoms with Gasteiger partial charge in [-0.2, -0.15) is 5.10 Å². The quantitative estimate of drug-likeness (QED) is 0.283. The molecule has 0 bridgehead atoms. The number of hydrogen-bond donors (Lipinski definition) is 0. The summed E-state index contributed by atoms with van der Waals surface area (Å²) in [7, 11) is 2.15. The number of ketones is 1. The van der Waals surface area contributed by atoms with Crippen molar-refractivity contribution < 1.29 is 4.79 Å². The van der Waals surface area contributed by atoms with Crippen molar-refractivity contribution in [3.05, 3.63) is 95.5 Å². The van der Waals surface area contributed by atoms with Crippen molar-refractivity contribution in [2.75, 3.05) is 20.1 Å². The van der Waals surface area contributed by atoms with Crippen LogP contribution in [0.25, 0.3) is 27.0 Å². The molecule has 7 heteroatoms. The van der Waals surface area contributed by atoms with Crippen LogP contribution in [0, 0.1) is 12.8 Å². The lowest BCUT2D eigenvalue weighted by Gasteiger charge is -2.16. The summed E-state index contributed by atoms with van der Waals surface area (Å²) in [6.45, 7) is 3.90. The van der Waals surface area contributed by atoms with Gasteiger partial charge in [0.1, 0.15) is 5.78 Å². The molecule has 2 atom stereocenters. The first-order chi connectivity index (χ1) is 18.0. The first kappa shape index (κ1) is 23.7. The van der Waals surface area contributed by atoms with E-state index in [4.69, 9.17) is 0 Å². The molecule has 0 amide bonds. The van der Waals surface area contributed by atoms with Crippen molar-refractivity contribution in [3.8, 4) is 16.1 Å². The summed E-state index contributed by atoms with van der Waals surface area (Å²) in [6.07, 6.45) is 6.36. The van der Waals surface area contributed by atoms with Gasteiger partial charge in [0, 0.05) is 64.6 Å². The van der Waals surface area contributed by atoms with E-state index in [1.54, 1.807) is 6.20 Å². The van der Waals surface area contributed by atoms with E-state index in [1.807, 2.05) is 59.6 Å². The van der Waals surface area contributed by atoms with Gasteiger partial charge in [-0.3, -0.25) is 14.8 Å². The highest BCUT2D eigenvalue weighted by atomic mass is 32.1. The maximum absolute atomic E-state index is 13.2. The molecule has 1 aliphatic heterocycles. The van der Waals surface area contributed by atoms with Crippen molar-refractivity contribution in [3.63, 3.8) is 0 Å². The molecule has 6 nitrogen and oxygen atoms in total. The van der Waals surface area contributed by atoms with Crippen LogP contribution in [0.2, 0.25) is 0 Å². The molecule has 0 aliphatic carbocycles. The minimum Gasteiger partial charge on any atom is -0.305 e. The van der Waals surface area contributed by atoms with Crippen LogP contribution >= 0.6 is 11.3 Å². The standard InChI is InChI=1S/C30H29N5OS/c1-20-12-25(10-11-31-20)35-28-17-32-24(13-22(28)16-33-35)15-26(36)14-23-18-34(2)19-27(23)30-9-8-29(37-30)21-6-4-3-5-7-21/h3-13,16-17,23,27H,14-15,18-19H2,1-2H3/t23-,27-/m0/s1. The molecule has 186 valence electrons. The second kappa shape index (κ2) is 10.00. The smallest absolute Gasteiger partial charge is 0.139 e. The average Bonchev–Trinajstić information content (AvgIpc) is 3.63. The SMILES string of the molecule is Cc1cc(-n2ncc3cc(CC(=O)C[C@H]4CN(C)C[C@@H]4c4ccc(-c5ccccc5)s4)ncc32)ccn1. The van der Waals surface area contributed by atoms with Gasteiger partial charge in [0.05, 0.1) is 23.6 Å². The van der Waals surface area contributed by atoms with Crippen LogP contribution in [-0.4, -0.2) is 50.6 Å². The Labute approximate surface area is 220 Å². The van der Waals surface area contributed by atoms with Crippen LogP contribution in [0.5, 0.6) is 0 Å². The van der Waals surface area contributed by atoms with Crippen LogP contribution in [0.15, 0.2) is 79.3 Å². The van der Waals surface area contributed by atoms with Crippen molar-refractivity contribution >= 4 is 28.0 Å². The Bertz CT molecular complexity index is 1560. The van der Waals surface area contributed by atoms with E-state index in [-0.39, 0.29) is 5.78 Å². The van der Waals surface area contributed by atoms with Gasteiger partial charge in [-0.25, -0.2) is 4.68 Å². The van der Waals surface area contributed by atoms with E-state index >= 15 is 0 Å². The van der Waals surface area contributed by atoms with Gasteiger partial charge < -0.3 is 4.90 Å². The van der Waals surface area contributed by atoms with Crippen molar-refractivity contribution in [2.45, 2.75) is 25.7 Å². The summed E-state index contributed by atoms with van der Waals surface area (Å²) in [4.78, 5) is 27.1. The monoisotopic (exact) mass is 507 g/mol. The second-order valence-electron chi connectivity index (χ2n) is 10.0. The first-order valence-corrected chi connectivity index (χ1v) is 13.5. The van der Waals surface area contributed by atoms with Gasteiger partial charge in [0.25, 0.3) is 0 Å². The van der Waals surface area contributed by atoms with Crippen LogP contribution in [-0.2, 0) is 11.2 Å². The molecular formula is C30H29N5OS. The molecule has 1 aromatic carbocycles. The first-order valence-electron chi connectivity index (χ1n) is 12.6. The number of aromatic nitrogens is 4. The summed E-state index contributed by atoms with van der Waals surface area (Å²) >= 11 is 1.86. The molecule has 5 aromatic rings. The largest absolute Gasteiger partial charge is 0.305 e. The summed E-state index contributed by atoms with van der Waals surface area (Å²) in [6, 6.07) is 20.9. The molecule has 0 unspecified atom stereocenters. The number of carbonyl (C=O) groups is 1. The molecule has 1 fully saturated rings. The zero-order chi connectivity index (χ0) is 25.4. The molecule has 1 saturated heterocycles. The zero-order valence-corrected chi connectivity index (χ0v) is 21.9. The van der Waals surface area contributed by atoms with Gasteiger partial charge in [-0.1, -0.05) is 30.3 Å². The fourth-order valence-electron chi connectivity index (χ4n) is 5.43. The Balaban J connectivity index is 1.16. The maximum atomic E-state index is 13.2. The van der Waals surface area contributed by atoms with Crippen LogP contribution in [0.3, 0.4) is 0 Å². The Hall–Kier alpha value is -3.68. The third-order valence-corrected chi connectivity index (χ3v) is 8.44. The molecule has 0 spiro atoms. The number of likely N-dealkylation sites (N-methyl/N-ethyl adjacent to an activating group) is 1. The van der Waals surface area contributed by atoms with Gasteiger partial charge in [0.15, 0.2) is 0 Å². The van der Waals surface area contributed by atoms with Gasteiger partial charge >= 0.3 is 0 Å². The molecule has 0 saturated carbocycles. The van der Waals surface area contributed by atoms with Crippen LogP contribution < -0.4 is 0 Å². The maximum Gasteiger partial charge on any atom is 0.139 e. The lowest BCUT2D eigenvalue weighted by atomic mass is 9.89. The normalized spacial score (nSPS) is 18.0. The van der Waals surface area contributed by atoms with Gasteiger partial charge in [0.2, 0.25) is 0 Å². The lowest BCUT2D eigenvalue weighted by Crippen LogP contribution is -2.17. The number of thiophene rings is 1. The topological polar surface area (TPSA) is 63.9 Å². The number of nitrogens with zero attached hydrogens (tertiary/aromatic N) is 5. The third kappa shape index (κ3) is 4.97.